The molecule has 1 fully saturated rings. The van der Waals surface area contributed by atoms with Gasteiger partial charge in [0, 0.05) is 12.1 Å². The largest absolute Gasteiger partial charge is 0.494 e. The summed E-state index contributed by atoms with van der Waals surface area (Å²) < 4.78 is 5.32. The molecule has 2 amide bonds. The maximum absolute atomic E-state index is 12.2. The van der Waals surface area contributed by atoms with E-state index in [4.69, 9.17) is 4.74 Å². The Kier molecular flexibility index (Phi) is 5.38. The van der Waals surface area contributed by atoms with E-state index in [1.165, 1.54) is 0 Å². The summed E-state index contributed by atoms with van der Waals surface area (Å²) in [6.07, 6.45) is 1.77. The molecule has 2 rings (SSSR count). The summed E-state index contributed by atoms with van der Waals surface area (Å²) in [5.74, 6) is 0.201. The number of carbonyl (C=O) groups excluding carboxylic acids is 2. The maximum Gasteiger partial charge on any atom is 0.269 e. The molecular formula is C16H23N3O3. The molecule has 1 aromatic rings. The van der Waals surface area contributed by atoms with Gasteiger partial charge in [-0.3, -0.25) is 20.4 Å². The molecule has 0 radical (unpaired) electrons. The Bertz CT molecular complexity index is 522. The highest BCUT2D eigenvalue weighted by Gasteiger charge is 2.34. The zero-order chi connectivity index (χ0) is 16.0. The molecule has 22 heavy (non-hydrogen) atoms. The number of carbonyl (C=O) groups is 2. The lowest BCUT2D eigenvalue weighted by molar-refractivity contribution is -0.131. The first-order valence-corrected chi connectivity index (χ1v) is 7.59. The molecule has 1 atom stereocenters. The number of rotatable bonds is 4. The number of hydrazine groups is 1. The minimum atomic E-state index is -0.482. The van der Waals surface area contributed by atoms with Crippen LogP contribution in [-0.2, 0) is 4.79 Å². The fourth-order valence-corrected chi connectivity index (χ4v) is 2.46. The molecule has 1 aliphatic heterocycles. The Balaban J connectivity index is 1.87. The van der Waals surface area contributed by atoms with E-state index in [0.717, 1.165) is 19.4 Å². The fraction of sp³-hybridized carbons (Fsp3) is 0.500. The Morgan fingerprint density at radius 2 is 2.00 bits per heavy atom. The first kappa shape index (κ1) is 16.3. The molecule has 1 aliphatic rings. The predicted octanol–water partition coefficient (Wildman–Crippen LogP) is 1.24. The predicted molar refractivity (Wildman–Crippen MR) is 83.4 cm³/mol. The van der Waals surface area contributed by atoms with Gasteiger partial charge < -0.3 is 10.1 Å². The van der Waals surface area contributed by atoms with Crippen molar-refractivity contribution in [3.05, 3.63) is 29.8 Å². The molecule has 6 heteroatoms. The molecule has 0 aliphatic carbocycles. The van der Waals surface area contributed by atoms with Gasteiger partial charge in [-0.25, -0.2) is 0 Å². The quantitative estimate of drug-likeness (QED) is 0.731. The second kappa shape index (κ2) is 7.26. The van der Waals surface area contributed by atoms with Crippen LogP contribution in [0.25, 0.3) is 0 Å². The van der Waals surface area contributed by atoms with Crippen LogP contribution in [0.1, 0.15) is 37.0 Å². The van der Waals surface area contributed by atoms with E-state index in [9.17, 15) is 9.59 Å². The van der Waals surface area contributed by atoms with Crippen LogP contribution in [0.3, 0.4) is 0 Å². The van der Waals surface area contributed by atoms with Crippen LogP contribution in [0.15, 0.2) is 24.3 Å². The summed E-state index contributed by atoms with van der Waals surface area (Å²) in [6.45, 7) is 5.93. The maximum atomic E-state index is 12.2. The van der Waals surface area contributed by atoms with Gasteiger partial charge in [0.1, 0.15) is 5.75 Å². The molecule has 1 aromatic carbocycles. The van der Waals surface area contributed by atoms with Crippen molar-refractivity contribution in [1.82, 2.24) is 16.2 Å². The SMILES string of the molecule is CCOc1ccc(C(=O)NNC(=O)C2(C)CCCNC2)cc1. The van der Waals surface area contributed by atoms with E-state index in [2.05, 4.69) is 16.2 Å². The lowest BCUT2D eigenvalue weighted by atomic mass is 9.82. The van der Waals surface area contributed by atoms with E-state index < -0.39 is 5.41 Å². The first-order valence-electron chi connectivity index (χ1n) is 7.59. The van der Waals surface area contributed by atoms with Gasteiger partial charge in [0.25, 0.3) is 5.91 Å². The Labute approximate surface area is 130 Å². The van der Waals surface area contributed by atoms with Crippen LogP contribution < -0.4 is 20.9 Å². The number of ether oxygens (including phenoxy) is 1. The average Bonchev–Trinajstić information content (AvgIpc) is 2.54. The molecule has 0 aromatic heterocycles. The van der Waals surface area contributed by atoms with Gasteiger partial charge in [-0.05, 0) is 57.5 Å². The minimum absolute atomic E-state index is 0.168. The highest BCUT2D eigenvalue weighted by molar-refractivity contribution is 5.96. The van der Waals surface area contributed by atoms with Gasteiger partial charge >= 0.3 is 0 Å². The van der Waals surface area contributed by atoms with E-state index in [1.54, 1.807) is 24.3 Å². The zero-order valence-electron chi connectivity index (χ0n) is 13.1. The van der Waals surface area contributed by atoms with Crippen molar-refractivity contribution >= 4 is 11.8 Å². The summed E-state index contributed by atoms with van der Waals surface area (Å²) in [7, 11) is 0. The van der Waals surface area contributed by atoms with Crippen LogP contribution in [0.5, 0.6) is 5.75 Å². The summed E-state index contributed by atoms with van der Waals surface area (Å²) in [6, 6.07) is 6.78. The van der Waals surface area contributed by atoms with E-state index in [-0.39, 0.29) is 11.8 Å². The van der Waals surface area contributed by atoms with Crippen molar-refractivity contribution in [2.24, 2.45) is 5.41 Å². The normalized spacial score (nSPS) is 21.0. The molecule has 120 valence electrons. The standard InChI is InChI=1S/C16H23N3O3/c1-3-22-13-7-5-12(6-8-13)14(20)18-19-15(21)16(2)9-4-10-17-11-16/h5-8,17H,3-4,9-11H2,1-2H3,(H,18,20)(H,19,21). The Morgan fingerprint density at radius 3 is 2.59 bits per heavy atom. The molecular weight excluding hydrogens is 282 g/mol. The Morgan fingerprint density at radius 1 is 1.27 bits per heavy atom. The third-order valence-corrected chi connectivity index (χ3v) is 3.86. The third-order valence-electron chi connectivity index (χ3n) is 3.86. The van der Waals surface area contributed by atoms with Gasteiger partial charge in [0.05, 0.1) is 12.0 Å². The molecule has 1 unspecified atom stereocenters. The van der Waals surface area contributed by atoms with Crippen LogP contribution in [0.2, 0.25) is 0 Å². The first-order chi connectivity index (χ1) is 10.5. The van der Waals surface area contributed by atoms with Gasteiger partial charge in [-0.2, -0.15) is 0 Å². The molecule has 1 heterocycles. The number of amides is 2. The van der Waals surface area contributed by atoms with Crippen molar-refractivity contribution in [2.75, 3.05) is 19.7 Å². The van der Waals surface area contributed by atoms with Gasteiger partial charge in [-0.15, -0.1) is 0 Å². The average molecular weight is 305 g/mol. The van der Waals surface area contributed by atoms with Gasteiger partial charge in [0.15, 0.2) is 0 Å². The number of nitrogens with one attached hydrogen (secondary N) is 3. The summed E-state index contributed by atoms with van der Waals surface area (Å²) in [5.41, 5.74) is 4.97. The van der Waals surface area contributed by atoms with Crippen LogP contribution in [0.4, 0.5) is 0 Å². The molecule has 6 nitrogen and oxygen atoms in total. The fourth-order valence-electron chi connectivity index (χ4n) is 2.46. The van der Waals surface area contributed by atoms with E-state index in [1.807, 2.05) is 13.8 Å². The van der Waals surface area contributed by atoms with Crippen molar-refractivity contribution in [3.63, 3.8) is 0 Å². The second-order valence-corrected chi connectivity index (χ2v) is 5.71. The third kappa shape index (κ3) is 3.98. The highest BCUT2D eigenvalue weighted by atomic mass is 16.5. The van der Waals surface area contributed by atoms with Gasteiger partial charge in [-0.1, -0.05) is 0 Å². The minimum Gasteiger partial charge on any atom is -0.494 e. The van der Waals surface area contributed by atoms with E-state index in [0.29, 0.717) is 24.5 Å². The summed E-state index contributed by atoms with van der Waals surface area (Å²) in [5, 5.41) is 3.21. The molecule has 3 N–H and O–H groups in total. The molecule has 0 spiro atoms. The monoisotopic (exact) mass is 305 g/mol. The number of hydrogen-bond donors (Lipinski definition) is 3. The van der Waals surface area contributed by atoms with Crippen molar-refractivity contribution in [1.29, 1.82) is 0 Å². The number of piperidine rings is 1. The molecule has 0 saturated carbocycles. The summed E-state index contributed by atoms with van der Waals surface area (Å²) in [4.78, 5) is 24.2. The lowest BCUT2D eigenvalue weighted by Crippen LogP contribution is -2.53. The number of hydrogen-bond acceptors (Lipinski definition) is 4. The molecule has 0 bridgehead atoms. The number of benzene rings is 1. The van der Waals surface area contributed by atoms with Gasteiger partial charge in [0.2, 0.25) is 5.91 Å². The van der Waals surface area contributed by atoms with Crippen LogP contribution >= 0.6 is 0 Å². The van der Waals surface area contributed by atoms with Crippen molar-refractivity contribution < 1.29 is 14.3 Å². The highest BCUT2D eigenvalue weighted by Crippen LogP contribution is 2.25. The lowest BCUT2D eigenvalue weighted by Gasteiger charge is -2.32. The summed E-state index contributed by atoms with van der Waals surface area (Å²) >= 11 is 0. The smallest absolute Gasteiger partial charge is 0.269 e. The van der Waals surface area contributed by atoms with Crippen LogP contribution in [-0.4, -0.2) is 31.5 Å². The van der Waals surface area contributed by atoms with Crippen molar-refractivity contribution in [2.45, 2.75) is 26.7 Å². The molecule has 1 saturated heterocycles. The van der Waals surface area contributed by atoms with E-state index >= 15 is 0 Å². The van der Waals surface area contributed by atoms with Crippen LogP contribution in [0, 0.1) is 5.41 Å². The van der Waals surface area contributed by atoms with Crippen molar-refractivity contribution in [3.8, 4) is 5.75 Å². The second-order valence-electron chi connectivity index (χ2n) is 5.71. The zero-order valence-corrected chi connectivity index (χ0v) is 13.1. The topological polar surface area (TPSA) is 79.5 Å². The Hall–Kier alpha value is -2.08.